The molecule has 10 heteroatoms. The van der Waals surface area contributed by atoms with Crippen molar-refractivity contribution in [3.05, 3.63) is 67.5 Å². The molecule has 0 bridgehead atoms. The van der Waals surface area contributed by atoms with Crippen molar-refractivity contribution >= 4 is 63.7 Å². The van der Waals surface area contributed by atoms with E-state index < -0.39 is 0 Å². The molecule has 0 aliphatic carbocycles. The lowest BCUT2D eigenvalue weighted by Gasteiger charge is -2.08. The molecule has 7 nitrogen and oxygen atoms in total. The average molecular weight is 502 g/mol. The number of carbonyl (C=O) groups excluding carboxylic acids is 1. The van der Waals surface area contributed by atoms with Crippen LogP contribution in [0.1, 0.15) is 34.5 Å². The molecule has 1 saturated heterocycles. The predicted octanol–water partition coefficient (Wildman–Crippen LogP) is 4.29. The number of hydrogen-bond acceptors (Lipinski definition) is 7. The summed E-state index contributed by atoms with van der Waals surface area (Å²) in [4.78, 5) is 24.2. The summed E-state index contributed by atoms with van der Waals surface area (Å²) in [5, 5.41) is 19.1. The van der Waals surface area contributed by atoms with Crippen molar-refractivity contribution in [2.45, 2.75) is 19.3 Å². The molecule has 3 aromatic rings. The van der Waals surface area contributed by atoms with Gasteiger partial charge < -0.3 is 15.7 Å². The van der Waals surface area contributed by atoms with Gasteiger partial charge in [-0.1, -0.05) is 53.1 Å². The van der Waals surface area contributed by atoms with E-state index in [0.717, 1.165) is 5.22 Å². The van der Waals surface area contributed by atoms with Crippen LogP contribution < -0.4 is 21.2 Å². The summed E-state index contributed by atoms with van der Waals surface area (Å²) in [5.74, 6) is -0.489. The van der Waals surface area contributed by atoms with Crippen molar-refractivity contribution in [3.8, 4) is 5.88 Å². The van der Waals surface area contributed by atoms with Gasteiger partial charge in [-0.2, -0.15) is 9.98 Å². The van der Waals surface area contributed by atoms with Gasteiger partial charge in [-0.05, 0) is 61.5 Å². The largest absolute Gasteiger partial charge is 0.492 e. The average Bonchev–Trinajstić information content (AvgIpc) is 3.17. The molecule has 1 amide bonds. The molecule has 3 N–H and O–H groups in total. The van der Waals surface area contributed by atoms with Gasteiger partial charge in [0.1, 0.15) is 6.34 Å². The van der Waals surface area contributed by atoms with E-state index in [2.05, 4.69) is 25.6 Å². The maximum atomic E-state index is 11.9. The number of nitrogens with one attached hydrogen (secondary N) is 2. The number of para-hydroxylation sites is 1. The highest BCUT2D eigenvalue weighted by Crippen LogP contribution is 2.36. The van der Waals surface area contributed by atoms with E-state index in [9.17, 15) is 9.90 Å². The molecule has 170 valence electrons. The highest BCUT2D eigenvalue weighted by molar-refractivity contribution is 7.16. The van der Waals surface area contributed by atoms with Crippen LogP contribution in [-0.4, -0.2) is 35.4 Å². The summed E-state index contributed by atoms with van der Waals surface area (Å²) in [6.45, 7) is 2.50. The Morgan fingerprint density at radius 2 is 1.85 bits per heavy atom. The molecule has 0 radical (unpaired) electrons. The van der Waals surface area contributed by atoms with Gasteiger partial charge in [0, 0.05) is 0 Å². The number of benzene rings is 2. The Kier molecular flexibility index (Phi) is 7.72. The van der Waals surface area contributed by atoms with Crippen molar-refractivity contribution in [1.82, 2.24) is 10.3 Å². The van der Waals surface area contributed by atoms with E-state index in [0.29, 0.717) is 36.7 Å². The molecule has 0 atom stereocenters. The molecule has 0 unspecified atom stereocenters. The fourth-order valence-corrected chi connectivity index (χ4v) is 4.61. The normalized spacial score (nSPS) is 15.3. The molecule has 0 saturated carbocycles. The Hall–Kier alpha value is -2.78. The first-order valence-electron chi connectivity index (χ1n) is 10.4. The highest BCUT2D eigenvalue weighted by Gasteiger charge is 2.13. The second kappa shape index (κ2) is 10.9. The van der Waals surface area contributed by atoms with Crippen LogP contribution in [0.25, 0.3) is 6.08 Å². The number of fused-ring (bicyclic) bond motifs is 1. The van der Waals surface area contributed by atoms with E-state index in [1.54, 1.807) is 42.5 Å². The molecule has 3 heterocycles. The molecule has 33 heavy (non-hydrogen) atoms. The monoisotopic (exact) mass is 501 g/mol. The number of halogens is 2. The van der Waals surface area contributed by atoms with Crippen LogP contribution in [0.2, 0.25) is 10.0 Å². The maximum Gasteiger partial charge on any atom is 0.280 e. The Balaban J connectivity index is 0.000000376. The minimum absolute atomic E-state index is 0.141. The molecule has 1 fully saturated rings. The van der Waals surface area contributed by atoms with E-state index in [1.165, 1.54) is 50.0 Å². The topological polar surface area (TPSA) is 99.0 Å². The van der Waals surface area contributed by atoms with Crippen LogP contribution in [0.3, 0.4) is 0 Å². The molecule has 0 spiro atoms. The van der Waals surface area contributed by atoms with Crippen LogP contribution in [0.15, 0.2) is 46.4 Å². The van der Waals surface area contributed by atoms with Gasteiger partial charge in [0.2, 0.25) is 5.88 Å². The fraction of sp³-hybridized carbons (Fsp3) is 0.217. The van der Waals surface area contributed by atoms with Crippen molar-refractivity contribution in [3.63, 3.8) is 0 Å². The van der Waals surface area contributed by atoms with Gasteiger partial charge in [0.05, 0.1) is 31.5 Å². The standard InChI is InChI=1S/C18H10Cl2N4O2S.C5H11N/c19-11-2-1-3-12(20)15(11)23-18-24-17(26)14(27-18)7-9-4-5-13-10(6-9)16(25)22-8-21-13;1-2-4-6-5-3-1/h1-8,26H,(H,23,24);6H,1-5H2/b9-7+;. The predicted molar refractivity (Wildman–Crippen MR) is 134 cm³/mol. The first kappa shape index (κ1) is 23.4. The fourth-order valence-electron chi connectivity index (χ4n) is 3.29. The van der Waals surface area contributed by atoms with Gasteiger partial charge in [-0.15, -0.1) is 0 Å². The smallest absolute Gasteiger partial charge is 0.280 e. The Morgan fingerprint density at radius 3 is 2.52 bits per heavy atom. The number of rotatable bonds is 3. The molecular weight excluding hydrogens is 481 g/mol. The highest BCUT2D eigenvalue weighted by atomic mass is 35.5. The Labute approximate surface area is 204 Å². The van der Waals surface area contributed by atoms with Gasteiger partial charge in [-0.25, -0.2) is 4.99 Å². The van der Waals surface area contributed by atoms with Crippen molar-refractivity contribution < 1.29 is 9.90 Å². The maximum absolute atomic E-state index is 11.9. The lowest BCUT2D eigenvalue weighted by Crippen LogP contribution is -2.21. The van der Waals surface area contributed by atoms with Gasteiger partial charge >= 0.3 is 0 Å². The van der Waals surface area contributed by atoms with Crippen LogP contribution in [0.5, 0.6) is 5.88 Å². The number of aliphatic imine (C=N–C) groups is 1. The molecule has 5 rings (SSSR count). The van der Waals surface area contributed by atoms with Crippen LogP contribution in [0.4, 0.5) is 10.8 Å². The molecular formula is C23H21Cl2N5O2S. The summed E-state index contributed by atoms with van der Waals surface area (Å²) in [6.07, 6.45) is 7.17. The number of hydrogen-bond donors (Lipinski definition) is 3. The second-order valence-corrected chi connectivity index (χ2v) is 9.18. The molecule has 2 aliphatic rings. The van der Waals surface area contributed by atoms with Crippen molar-refractivity contribution in [2.75, 3.05) is 18.4 Å². The summed E-state index contributed by atoms with van der Waals surface area (Å²) in [6, 6.07) is 10.3. The summed E-state index contributed by atoms with van der Waals surface area (Å²) >= 11 is 13.5. The van der Waals surface area contributed by atoms with Crippen LogP contribution >= 0.6 is 34.5 Å². The first-order chi connectivity index (χ1) is 16.0. The third-order valence-corrected chi connectivity index (χ3v) is 6.49. The number of nitrogens with zero attached hydrogens (tertiary/aromatic N) is 3. The first-order valence-corrected chi connectivity index (χ1v) is 12.0. The number of thiazole rings is 1. The number of amides is 1. The third kappa shape index (κ3) is 5.97. The molecule has 1 aromatic heterocycles. The Bertz CT molecular complexity index is 1290. The Morgan fingerprint density at radius 1 is 1.09 bits per heavy atom. The minimum Gasteiger partial charge on any atom is -0.492 e. The number of anilines is 2. The number of piperidine rings is 1. The zero-order valence-electron chi connectivity index (χ0n) is 17.5. The summed E-state index contributed by atoms with van der Waals surface area (Å²) in [7, 11) is 0. The van der Waals surface area contributed by atoms with Gasteiger partial charge in [0.25, 0.3) is 5.91 Å². The minimum atomic E-state index is -0.348. The van der Waals surface area contributed by atoms with E-state index in [4.69, 9.17) is 23.2 Å². The van der Waals surface area contributed by atoms with Crippen LogP contribution in [-0.2, 0) is 0 Å². The zero-order chi connectivity index (χ0) is 23.2. The van der Waals surface area contributed by atoms with Crippen LogP contribution in [0, 0.1) is 0 Å². The summed E-state index contributed by atoms with van der Waals surface area (Å²) in [5.41, 5.74) is 0.927. The third-order valence-electron chi connectivity index (χ3n) is 4.96. The number of aromatic nitrogens is 1. The number of carbonyl (C=O) groups is 1. The SMILES string of the molecule is C1CCNCC1.O=C1N=CN=c2cc/c(=C\c3sc(Nc4c(Cl)cccc4Cl)nc3O)cc21. The lowest BCUT2D eigenvalue weighted by atomic mass is 10.1. The van der Waals surface area contributed by atoms with E-state index in [-0.39, 0.29) is 11.8 Å². The van der Waals surface area contributed by atoms with E-state index >= 15 is 0 Å². The number of aromatic hydroxyl groups is 1. The quantitative estimate of drug-likeness (QED) is 0.497. The second-order valence-electron chi connectivity index (χ2n) is 7.34. The zero-order valence-corrected chi connectivity index (χ0v) is 19.8. The molecule has 2 aromatic carbocycles. The van der Waals surface area contributed by atoms with E-state index in [1.807, 2.05) is 0 Å². The summed E-state index contributed by atoms with van der Waals surface area (Å²) < 4.78 is 0. The van der Waals surface area contributed by atoms with Crippen molar-refractivity contribution in [1.29, 1.82) is 0 Å². The molecule has 2 aliphatic heterocycles. The van der Waals surface area contributed by atoms with Gasteiger partial charge in [-0.3, -0.25) is 4.79 Å². The van der Waals surface area contributed by atoms with Crippen molar-refractivity contribution in [2.24, 2.45) is 9.98 Å². The van der Waals surface area contributed by atoms with Gasteiger partial charge in [0.15, 0.2) is 5.13 Å². The lowest BCUT2D eigenvalue weighted by molar-refractivity contribution is 0.100.